The first-order chi connectivity index (χ1) is 9.97. The van der Waals surface area contributed by atoms with Gasteiger partial charge in [-0.2, -0.15) is 0 Å². The van der Waals surface area contributed by atoms with Crippen molar-refractivity contribution in [2.24, 2.45) is 17.6 Å². The van der Waals surface area contributed by atoms with Crippen LogP contribution in [0.1, 0.15) is 43.5 Å². The zero-order valence-electron chi connectivity index (χ0n) is 12.6. The molecule has 0 saturated heterocycles. The van der Waals surface area contributed by atoms with Crippen molar-refractivity contribution < 1.29 is 9.59 Å². The molecule has 5 nitrogen and oxygen atoms in total. The Bertz CT molecular complexity index is 513. The molecule has 0 radical (unpaired) electrons. The SMILES string of the molecule is C[C@H]1[C@H](C)CCC[C@@H]1NC(=O)c1ccc(NC(N)=O)cc1. The second kappa shape index (κ2) is 6.61. The molecule has 1 aromatic carbocycles. The lowest BCUT2D eigenvalue weighted by Crippen LogP contribution is -2.43. The molecule has 0 bridgehead atoms. The normalized spacial score (nSPS) is 25.1. The van der Waals surface area contributed by atoms with Gasteiger partial charge in [0.25, 0.3) is 5.91 Å². The molecule has 3 atom stereocenters. The van der Waals surface area contributed by atoms with E-state index in [0.717, 1.165) is 12.8 Å². The number of urea groups is 1. The summed E-state index contributed by atoms with van der Waals surface area (Å²) < 4.78 is 0. The zero-order valence-corrected chi connectivity index (χ0v) is 12.6. The first-order valence-corrected chi connectivity index (χ1v) is 7.44. The fourth-order valence-electron chi connectivity index (χ4n) is 2.88. The molecule has 0 aliphatic heterocycles. The summed E-state index contributed by atoms with van der Waals surface area (Å²) in [6, 6.07) is 6.36. The molecule has 1 aliphatic rings. The summed E-state index contributed by atoms with van der Waals surface area (Å²) >= 11 is 0. The van der Waals surface area contributed by atoms with Gasteiger partial charge in [-0.05, 0) is 42.5 Å². The van der Waals surface area contributed by atoms with E-state index in [2.05, 4.69) is 24.5 Å². The third-order valence-corrected chi connectivity index (χ3v) is 4.44. The lowest BCUT2D eigenvalue weighted by atomic mass is 9.78. The number of nitrogens with two attached hydrogens (primary N) is 1. The molecule has 114 valence electrons. The summed E-state index contributed by atoms with van der Waals surface area (Å²) in [4.78, 5) is 23.0. The number of rotatable bonds is 3. The lowest BCUT2D eigenvalue weighted by Gasteiger charge is -2.34. The number of carbonyl (C=O) groups excluding carboxylic acids is 2. The van der Waals surface area contributed by atoms with Crippen LogP contribution in [-0.2, 0) is 0 Å². The molecular weight excluding hydrogens is 266 g/mol. The van der Waals surface area contributed by atoms with Crippen molar-refractivity contribution in [3.8, 4) is 0 Å². The van der Waals surface area contributed by atoms with E-state index < -0.39 is 6.03 Å². The Balaban J connectivity index is 1.98. The van der Waals surface area contributed by atoms with Gasteiger partial charge in [-0.1, -0.05) is 26.7 Å². The van der Waals surface area contributed by atoms with E-state index in [0.29, 0.717) is 23.1 Å². The van der Waals surface area contributed by atoms with E-state index in [1.807, 2.05) is 0 Å². The second-order valence-corrected chi connectivity index (χ2v) is 5.91. The number of amides is 3. The van der Waals surface area contributed by atoms with Crippen molar-refractivity contribution in [1.29, 1.82) is 0 Å². The van der Waals surface area contributed by atoms with Gasteiger partial charge in [-0.3, -0.25) is 4.79 Å². The van der Waals surface area contributed by atoms with Gasteiger partial charge in [0.15, 0.2) is 0 Å². The molecule has 2 rings (SSSR count). The Labute approximate surface area is 125 Å². The van der Waals surface area contributed by atoms with E-state index in [9.17, 15) is 9.59 Å². The van der Waals surface area contributed by atoms with E-state index >= 15 is 0 Å². The predicted octanol–water partition coefficient (Wildman–Crippen LogP) is 2.73. The van der Waals surface area contributed by atoms with Crippen LogP contribution < -0.4 is 16.4 Å². The van der Waals surface area contributed by atoms with Crippen LogP contribution in [0.4, 0.5) is 10.5 Å². The Kier molecular flexibility index (Phi) is 4.83. The molecule has 0 aromatic heterocycles. The van der Waals surface area contributed by atoms with E-state index in [1.165, 1.54) is 6.42 Å². The molecule has 0 heterocycles. The van der Waals surface area contributed by atoms with Crippen LogP contribution in [0.5, 0.6) is 0 Å². The number of hydrogen-bond donors (Lipinski definition) is 3. The standard InChI is InChI=1S/C16H23N3O2/c1-10-4-3-5-14(11(10)2)19-15(20)12-6-8-13(9-7-12)18-16(17)21/h6-11,14H,3-5H2,1-2H3,(H,19,20)(H3,17,18,21)/t10-,11+,14+/m1/s1. The summed E-state index contributed by atoms with van der Waals surface area (Å²) in [7, 11) is 0. The van der Waals surface area contributed by atoms with Gasteiger partial charge < -0.3 is 16.4 Å². The number of nitrogens with one attached hydrogen (secondary N) is 2. The predicted molar refractivity (Wildman–Crippen MR) is 83.1 cm³/mol. The molecule has 21 heavy (non-hydrogen) atoms. The van der Waals surface area contributed by atoms with Crippen molar-refractivity contribution in [3.05, 3.63) is 29.8 Å². The summed E-state index contributed by atoms with van der Waals surface area (Å²) in [6.07, 6.45) is 3.44. The Hall–Kier alpha value is -2.04. The highest BCUT2D eigenvalue weighted by molar-refractivity contribution is 5.95. The van der Waals surface area contributed by atoms with Crippen molar-refractivity contribution in [3.63, 3.8) is 0 Å². The van der Waals surface area contributed by atoms with Crippen molar-refractivity contribution in [2.75, 3.05) is 5.32 Å². The minimum Gasteiger partial charge on any atom is -0.351 e. The van der Waals surface area contributed by atoms with E-state index in [4.69, 9.17) is 5.73 Å². The van der Waals surface area contributed by atoms with Crippen LogP contribution in [0, 0.1) is 11.8 Å². The Morgan fingerprint density at radius 2 is 1.81 bits per heavy atom. The minimum atomic E-state index is -0.614. The largest absolute Gasteiger partial charge is 0.351 e. The van der Waals surface area contributed by atoms with Gasteiger partial charge in [0.2, 0.25) is 0 Å². The van der Waals surface area contributed by atoms with Gasteiger partial charge in [-0.15, -0.1) is 0 Å². The van der Waals surface area contributed by atoms with Crippen LogP contribution in [-0.4, -0.2) is 18.0 Å². The van der Waals surface area contributed by atoms with Crippen LogP contribution in [0.25, 0.3) is 0 Å². The topological polar surface area (TPSA) is 84.2 Å². The third-order valence-electron chi connectivity index (χ3n) is 4.44. The van der Waals surface area contributed by atoms with Gasteiger partial charge >= 0.3 is 6.03 Å². The zero-order chi connectivity index (χ0) is 15.4. The van der Waals surface area contributed by atoms with Gasteiger partial charge in [0.05, 0.1) is 0 Å². The highest BCUT2D eigenvalue weighted by Gasteiger charge is 2.28. The smallest absolute Gasteiger partial charge is 0.316 e. The van der Waals surface area contributed by atoms with Crippen molar-refractivity contribution in [1.82, 2.24) is 5.32 Å². The maximum absolute atomic E-state index is 12.3. The summed E-state index contributed by atoms with van der Waals surface area (Å²) in [5.41, 5.74) is 6.22. The fraction of sp³-hybridized carbons (Fsp3) is 0.500. The highest BCUT2D eigenvalue weighted by Crippen LogP contribution is 2.29. The number of anilines is 1. The molecular formula is C16H23N3O2. The number of carbonyl (C=O) groups is 2. The van der Waals surface area contributed by atoms with Crippen LogP contribution in [0.3, 0.4) is 0 Å². The van der Waals surface area contributed by atoms with Crippen molar-refractivity contribution in [2.45, 2.75) is 39.2 Å². The molecule has 0 unspecified atom stereocenters. The monoisotopic (exact) mass is 289 g/mol. The van der Waals surface area contributed by atoms with Gasteiger partial charge in [0.1, 0.15) is 0 Å². The first kappa shape index (κ1) is 15.4. The molecule has 4 N–H and O–H groups in total. The number of benzene rings is 1. The molecule has 1 saturated carbocycles. The Morgan fingerprint density at radius 3 is 2.43 bits per heavy atom. The summed E-state index contributed by atoms with van der Waals surface area (Å²) in [6.45, 7) is 4.45. The molecule has 5 heteroatoms. The van der Waals surface area contributed by atoms with E-state index in [-0.39, 0.29) is 11.9 Å². The quantitative estimate of drug-likeness (QED) is 0.799. The molecule has 0 spiro atoms. The molecule has 1 aliphatic carbocycles. The van der Waals surface area contributed by atoms with Crippen LogP contribution in [0.15, 0.2) is 24.3 Å². The third kappa shape index (κ3) is 3.97. The molecule has 1 fully saturated rings. The average molecular weight is 289 g/mol. The van der Waals surface area contributed by atoms with Crippen LogP contribution in [0.2, 0.25) is 0 Å². The summed E-state index contributed by atoms with van der Waals surface area (Å²) in [5, 5.41) is 5.60. The van der Waals surface area contributed by atoms with Crippen LogP contribution >= 0.6 is 0 Å². The minimum absolute atomic E-state index is 0.0634. The van der Waals surface area contributed by atoms with Gasteiger partial charge in [0, 0.05) is 17.3 Å². The van der Waals surface area contributed by atoms with E-state index in [1.54, 1.807) is 24.3 Å². The number of hydrogen-bond acceptors (Lipinski definition) is 2. The fourth-order valence-corrected chi connectivity index (χ4v) is 2.88. The summed E-state index contributed by atoms with van der Waals surface area (Å²) in [5.74, 6) is 1.08. The first-order valence-electron chi connectivity index (χ1n) is 7.44. The second-order valence-electron chi connectivity index (χ2n) is 5.91. The maximum Gasteiger partial charge on any atom is 0.316 e. The average Bonchev–Trinajstić information content (AvgIpc) is 2.44. The molecule has 3 amide bonds. The molecule has 1 aromatic rings. The van der Waals surface area contributed by atoms with Crippen molar-refractivity contribution >= 4 is 17.6 Å². The number of primary amides is 1. The highest BCUT2D eigenvalue weighted by atomic mass is 16.2. The lowest BCUT2D eigenvalue weighted by molar-refractivity contribution is 0.0891. The van der Waals surface area contributed by atoms with Gasteiger partial charge in [-0.25, -0.2) is 4.79 Å². The Morgan fingerprint density at radius 1 is 1.14 bits per heavy atom. The maximum atomic E-state index is 12.3.